The average Bonchev–Trinajstić information content (AvgIpc) is 2.62. The fourth-order valence-corrected chi connectivity index (χ4v) is 2.94. The van der Waals surface area contributed by atoms with E-state index in [1.54, 1.807) is 0 Å². The van der Waals surface area contributed by atoms with Crippen molar-refractivity contribution in [2.24, 2.45) is 0 Å². The minimum Gasteiger partial charge on any atom is -0.370 e. The molecular formula is C20H26N4O. The van der Waals surface area contributed by atoms with Gasteiger partial charge in [-0.3, -0.25) is 0 Å². The summed E-state index contributed by atoms with van der Waals surface area (Å²) in [6, 6.07) is 12.0. The molecule has 2 amide bonds. The van der Waals surface area contributed by atoms with Crippen molar-refractivity contribution in [1.82, 2.24) is 10.3 Å². The summed E-state index contributed by atoms with van der Waals surface area (Å²) in [5, 5.41) is 9.08. The van der Waals surface area contributed by atoms with Gasteiger partial charge < -0.3 is 16.0 Å². The number of hydrogen-bond donors (Lipinski definition) is 3. The van der Waals surface area contributed by atoms with E-state index in [-0.39, 0.29) is 6.03 Å². The zero-order valence-corrected chi connectivity index (χ0v) is 14.9. The number of benzene rings is 1. The van der Waals surface area contributed by atoms with Crippen molar-refractivity contribution in [1.29, 1.82) is 0 Å². The Bertz CT molecular complexity index is 725. The Kier molecular flexibility index (Phi) is 5.53. The topological polar surface area (TPSA) is 66.0 Å². The molecule has 25 heavy (non-hydrogen) atoms. The van der Waals surface area contributed by atoms with Gasteiger partial charge in [-0.05, 0) is 48.1 Å². The molecular weight excluding hydrogens is 312 g/mol. The van der Waals surface area contributed by atoms with Gasteiger partial charge in [0, 0.05) is 30.9 Å². The van der Waals surface area contributed by atoms with E-state index in [9.17, 15) is 4.79 Å². The maximum atomic E-state index is 12.0. The Hall–Kier alpha value is -2.56. The minimum absolute atomic E-state index is 0.187. The van der Waals surface area contributed by atoms with Crippen molar-refractivity contribution in [2.75, 3.05) is 23.7 Å². The lowest BCUT2D eigenvalue weighted by molar-refractivity contribution is 0.252. The van der Waals surface area contributed by atoms with E-state index in [1.807, 2.05) is 24.3 Å². The monoisotopic (exact) mass is 338 g/mol. The predicted molar refractivity (Wildman–Crippen MR) is 102 cm³/mol. The van der Waals surface area contributed by atoms with E-state index in [4.69, 9.17) is 0 Å². The van der Waals surface area contributed by atoms with Gasteiger partial charge in [0.05, 0.1) is 0 Å². The Morgan fingerprint density at radius 3 is 2.76 bits per heavy atom. The first-order valence-electron chi connectivity index (χ1n) is 8.99. The zero-order valence-electron chi connectivity index (χ0n) is 14.9. The second kappa shape index (κ2) is 8.01. The van der Waals surface area contributed by atoms with Crippen LogP contribution in [0.15, 0.2) is 36.4 Å². The van der Waals surface area contributed by atoms with Crippen molar-refractivity contribution in [3.8, 4) is 0 Å². The third kappa shape index (κ3) is 4.72. The summed E-state index contributed by atoms with van der Waals surface area (Å²) >= 11 is 0. The van der Waals surface area contributed by atoms with Crippen LogP contribution in [0.3, 0.4) is 0 Å². The highest BCUT2D eigenvalue weighted by molar-refractivity contribution is 5.89. The third-order valence-electron chi connectivity index (χ3n) is 4.45. The fourth-order valence-electron chi connectivity index (χ4n) is 2.94. The Labute approximate surface area is 149 Å². The van der Waals surface area contributed by atoms with Crippen molar-refractivity contribution >= 4 is 17.5 Å². The number of carbonyl (C=O) groups is 1. The number of anilines is 2. The molecule has 0 spiro atoms. The number of aryl methyl sites for hydroxylation is 1. The van der Waals surface area contributed by atoms with Crippen LogP contribution in [-0.4, -0.2) is 24.1 Å². The van der Waals surface area contributed by atoms with Crippen LogP contribution in [0.4, 0.5) is 16.3 Å². The molecule has 132 valence electrons. The molecule has 0 saturated heterocycles. The lowest BCUT2D eigenvalue weighted by Gasteiger charge is -2.17. The number of carbonyl (C=O) groups excluding carboxylic acids is 1. The number of urea groups is 1. The molecule has 0 radical (unpaired) electrons. The second-order valence-corrected chi connectivity index (χ2v) is 6.75. The van der Waals surface area contributed by atoms with Crippen LogP contribution >= 0.6 is 0 Å². The first-order valence-corrected chi connectivity index (χ1v) is 8.99. The van der Waals surface area contributed by atoms with E-state index in [1.165, 1.54) is 11.1 Å². The summed E-state index contributed by atoms with van der Waals surface area (Å²) in [5.74, 6) is 1.49. The van der Waals surface area contributed by atoms with Crippen LogP contribution in [0.1, 0.15) is 43.0 Å². The minimum atomic E-state index is -0.187. The quantitative estimate of drug-likeness (QED) is 0.774. The number of fused-ring (bicyclic) bond motifs is 1. The van der Waals surface area contributed by atoms with E-state index >= 15 is 0 Å². The van der Waals surface area contributed by atoms with Gasteiger partial charge in [-0.2, -0.15) is 0 Å². The van der Waals surface area contributed by atoms with Crippen molar-refractivity contribution in [2.45, 2.75) is 39.0 Å². The van der Waals surface area contributed by atoms with Crippen LogP contribution in [0.5, 0.6) is 0 Å². The van der Waals surface area contributed by atoms with Crippen LogP contribution in [-0.2, 0) is 12.8 Å². The van der Waals surface area contributed by atoms with Gasteiger partial charge >= 0.3 is 6.03 Å². The van der Waals surface area contributed by atoms with Gasteiger partial charge in [-0.15, -0.1) is 0 Å². The molecule has 0 unspecified atom stereocenters. The van der Waals surface area contributed by atoms with Crippen molar-refractivity contribution in [3.05, 3.63) is 53.2 Å². The first-order chi connectivity index (χ1) is 12.1. The van der Waals surface area contributed by atoms with Gasteiger partial charge in [0.15, 0.2) is 0 Å². The second-order valence-electron chi connectivity index (χ2n) is 6.75. The summed E-state index contributed by atoms with van der Waals surface area (Å²) in [5.41, 5.74) is 4.34. The summed E-state index contributed by atoms with van der Waals surface area (Å²) in [4.78, 5) is 16.6. The summed E-state index contributed by atoms with van der Waals surface area (Å²) in [7, 11) is 0. The molecule has 2 aromatic rings. The fraction of sp³-hybridized carbons (Fsp3) is 0.400. The number of nitrogens with zero attached hydrogens (tertiary/aromatic N) is 1. The molecule has 0 fully saturated rings. The van der Waals surface area contributed by atoms with Crippen LogP contribution in [0.25, 0.3) is 0 Å². The lowest BCUT2D eigenvalue weighted by atomic mass is 10.0. The van der Waals surface area contributed by atoms with Gasteiger partial charge in [0.1, 0.15) is 5.82 Å². The number of amides is 2. The molecule has 0 aliphatic carbocycles. The number of aromatic nitrogens is 1. The smallest absolute Gasteiger partial charge is 0.319 e. The summed E-state index contributed by atoms with van der Waals surface area (Å²) in [6.45, 7) is 5.85. The largest absolute Gasteiger partial charge is 0.370 e. The Morgan fingerprint density at radius 1 is 1.20 bits per heavy atom. The SMILES string of the molecule is CC(C)c1ccc(NC(=O)NCCc2ccc3c(n2)NCCC3)cc1. The number of pyridine rings is 1. The van der Waals surface area contributed by atoms with E-state index in [2.05, 4.69) is 46.9 Å². The molecule has 1 aliphatic heterocycles. The molecule has 0 bridgehead atoms. The standard InChI is InChI=1S/C20H26N4O/c1-14(2)15-5-8-17(9-6-15)24-20(25)22-13-11-18-10-7-16-4-3-12-21-19(16)23-18/h5-10,14H,3-4,11-13H2,1-2H3,(H,21,23)(H2,22,24,25). The number of rotatable bonds is 5. The molecule has 1 aromatic carbocycles. The molecule has 1 aromatic heterocycles. The normalized spacial score (nSPS) is 13.1. The molecule has 3 N–H and O–H groups in total. The highest BCUT2D eigenvalue weighted by Crippen LogP contribution is 2.20. The highest BCUT2D eigenvalue weighted by Gasteiger charge is 2.10. The third-order valence-corrected chi connectivity index (χ3v) is 4.45. The van der Waals surface area contributed by atoms with E-state index < -0.39 is 0 Å². The maximum Gasteiger partial charge on any atom is 0.319 e. The Morgan fingerprint density at radius 2 is 2.00 bits per heavy atom. The molecule has 1 aliphatic rings. The molecule has 0 saturated carbocycles. The first kappa shape index (κ1) is 17.3. The number of hydrogen-bond acceptors (Lipinski definition) is 3. The van der Waals surface area contributed by atoms with Crippen molar-refractivity contribution < 1.29 is 4.79 Å². The van der Waals surface area contributed by atoms with Crippen LogP contribution < -0.4 is 16.0 Å². The Balaban J connectivity index is 1.46. The molecule has 5 nitrogen and oxygen atoms in total. The lowest BCUT2D eigenvalue weighted by Crippen LogP contribution is -2.30. The molecule has 5 heteroatoms. The molecule has 2 heterocycles. The van der Waals surface area contributed by atoms with Gasteiger partial charge in [0.2, 0.25) is 0 Å². The zero-order chi connectivity index (χ0) is 17.6. The predicted octanol–water partition coefficient (Wildman–Crippen LogP) is 3.93. The van der Waals surface area contributed by atoms with Crippen LogP contribution in [0, 0.1) is 0 Å². The van der Waals surface area contributed by atoms with E-state index in [0.717, 1.165) is 36.6 Å². The molecule has 0 atom stereocenters. The average molecular weight is 338 g/mol. The number of nitrogens with one attached hydrogen (secondary N) is 3. The highest BCUT2D eigenvalue weighted by atomic mass is 16.2. The summed E-state index contributed by atoms with van der Waals surface area (Å²) < 4.78 is 0. The van der Waals surface area contributed by atoms with Gasteiger partial charge in [0.25, 0.3) is 0 Å². The molecule has 3 rings (SSSR count). The van der Waals surface area contributed by atoms with Gasteiger partial charge in [-0.1, -0.05) is 32.0 Å². The van der Waals surface area contributed by atoms with Gasteiger partial charge in [-0.25, -0.2) is 9.78 Å². The van der Waals surface area contributed by atoms with E-state index in [0.29, 0.717) is 18.9 Å². The maximum absolute atomic E-state index is 12.0. The summed E-state index contributed by atoms with van der Waals surface area (Å²) in [6.07, 6.45) is 2.97. The van der Waals surface area contributed by atoms with Crippen molar-refractivity contribution in [3.63, 3.8) is 0 Å². The van der Waals surface area contributed by atoms with Crippen LogP contribution in [0.2, 0.25) is 0 Å².